The minimum Gasteiger partial charge on any atom is -0.475 e. The molecule has 0 atom stereocenters. The first-order chi connectivity index (χ1) is 16.6. The first-order valence-corrected chi connectivity index (χ1v) is 11.4. The van der Waals surface area contributed by atoms with Crippen LogP contribution in [0.4, 0.5) is 31.5 Å². The molecule has 1 aromatic heterocycles. The van der Waals surface area contributed by atoms with E-state index in [1.54, 1.807) is 0 Å². The van der Waals surface area contributed by atoms with Gasteiger partial charge in [-0.3, -0.25) is 4.90 Å². The molecule has 0 bridgehead atoms. The van der Waals surface area contributed by atoms with Gasteiger partial charge in [0.05, 0.1) is 0 Å². The van der Waals surface area contributed by atoms with Crippen LogP contribution in [-0.2, 0) is 22.6 Å². The zero-order chi connectivity index (χ0) is 27.5. The summed E-state index contributed by atoms with van der Waals surface area (Å²) in [5.41, 5.74) is 1.49. The molecule has 14 heteroatoms. The molecule has 2 heterocycles. The number of hydrogen-bond donors (Lipinski definition) is 2. The largest absolute Gasteiger partial charge is 0.490 e. The van der Waals surface area contributed by atoms with E-state index in [2.05, 4.69) is 59.2 Å². The maximum Gasteiger partial charge on any atom is 0.490 e. The molecule has 202 valence electrons. The smallest absolute Gasteiger partial charge is 0.475 e. The number of thiazole rings is 1. The average molecular weight is 544 g/mol. The number of aliphatic carboxylic acids is 2. The van der Waals surface area contributed by atoms with Gasteiger partial charge in [-0.25, -0.2) is 14.6 Å². The van der Waals surface area contributed by atoms with Crippen LogP contribution in [0.15, 0.2) is 36.5 Å². The number of carbonyl (C=O) groups is 2. The van der Waals surface area contributed by atoms with Gasteiger partial charge in [0.2, 0.25) is 0 Å². The molecule has 0 aliphatic carbocycles. The Hall–Kier alpha value is -2.87. The highest BCUT2D eigenvalue weighted by Gasteiger charge is 2.38. The predicted octanol–water partition coefficient (Wildman–Crippen LogP) is 4.93. The highest BCUT2D eigenvalue weighted by Crippen LogP contribution is 2.26. The Morgan fingerprint density at radius 1 is 1.00 bits per heavy atom. The predicted molar refractivity (Wildman–Crippen MR) is 122 cm³/mol. The summed E-state index contributed by atoms with van der Waals surface area (Å²) < 4.78 is 63.5. The van der Waals surface area contributed by atoms with Crippen molar-refractivity contribution >= 4 is 28.4 Å². The van der Waals surface area contributed by atoms with Crippen molar-refractivity contribution in [1.82, 2.24) is 9.88 Å². The summed E-state index contributed by atoms with van der Waals surface area (Å²) in [6.45, 7) is 3.49. The molecule has 36 heavy (non-hydrogen) atoms. The van der Waals surface area contributed by atoms with Crippen LogP contribution in [0, 0.1) is 5.92 Å². The second-order valence-electron chi connectivity index (χ2n) is 8.02. The fourth-order valence-electron chi connectivity index (χ4n) is 3.09. The minimum absolute atomic E-state index is 0.845. The van der Waals surface area contributed by atoms with E-state index < -0.39 is 24.3 Å². The molecule has 1 aliphatic heterocycles. The van der Waals surface area contributed by atoms with Gasteiger partial charge in [-0.05, 0) is 43.8 Å². The fraction of sp³-hybridized carbons (Fsp3) is 0.500. The first kappa shape index (κ1) is 31.2. The molecule has 0 unspecified atom stereocenters. The van der Waals surface area contributed by atoms with Crippen molar-refractivity contribution in [3.63, 3.8) is 0 Å². The van der Waals surface area contributed by atoms with Crippen molar-refractivity contribution in [3.05, 3.63) is 47.0 Å². The van der Waals surface area contributed by atoms with Gasteiger partial charge >= 0.3 is 24.3 Å². The van der Waals surface area contributed by atoms with Gasteiger partial charge in [0.15, 0.2) is 5.13 Å². The quantitative estimate of drug-likeness (QED) is 0.517. The summed E-state index contributed by atoms with van der Waals surface area (Å²) >= 11 is 1.81. The molecule has 1 saturated heterocycles. The van der Waals surface area contributed by atoms with Crippen LogP contribution >= 0.6 is 11.3 Å². The zero-order valence-electron chi connectivity index (χ0n) is 19.5. The van der Waals surface area contributed by atoms with E-state index in [0.29, 0.717) is 0 Å². The van der Waals surface area contributed by atoms with Gasteiger partial charge in [-0.15, -0.1) is 11.3 Å². The Balaban J connectivity index is 0.000000383. The third-order valence-electron chi connectivity index (χ3n) is 4.86. The number of nitrogens with zero attached hydrogens (tertiary/aromatic N) is 3. The minimum atomic E-state index is -5.08. The van der Waals surface area contributed by atoms with Gasteiger partial charge in [0.25, 0.3) is 0 Å². The van der Waals surface area contributed by atoms with Crippen LogP contribution in [0.25, 0.3) is 0 Å². The molecule has 2 aromatic rings. The number of aromatic nitrogens is 1. The lowest BCUT2D eigenvalue weighted by atomic mass is 9.90. The fourth-order valence-corrected chi connectivity index (χ4v) is 3.97. The maximum absolute atomic E-state index is 10.6. The van der Waals surface area contributed by atoms with E-state index >= 15 is 0 Å². The number of alkyl halides is 6. The van der Waals surface area contributed by atoms with Crippen molar-refractivity contribution in [2.45, 2.75) is 38.2 Å². The molecular formula is C22H27F6N3O4S. The van der Waals surface area contributed by atoms with Gasteiger partial charge in [0.1, 0.15) is 0 Å². The van der Waals surface area contributed by atoms with Crippen LogP contribution in [0.1, 0.15) is 23.3 Å². The molecule has 1 fully saturated rings. The number of rotatable bonds is 5. The van der Waals surface area contributed by atoms with E-state index in [4.69, 9.17) is 19.8 Å². The topological polar surface area (TPSA) is 94.0 Å². The Morgan fingerprint density at radius 3 is 1.86 bits per heavy atom. The molecule has 0 saturated carbocycles. The number of carboxylic acids is 2. The molecule has 2 N–H and O–H groups in total. The second-order valence-corrected chi connectivity index (χ2v) is 9.11. The number of hydrogen-bond acceptors (Lipinski definition) is 6. The van der Waals surface area contributed by atoms with E-state index in [0.717, 1.165) is 17.6 Å². The van der Waals surface area contributed by atoms with Crippen molar-refractivity contribution < 1.29 is 46.1 Å². The Kier molecular flexibility index (Phi) is 12.1. The molecule has 3 rings (SSSR count). The average Bonchev–Trinajstić information content (AvgIpc) is 3.24. The second kappa shape index (κ2) is 14.0. The number of benzene rings is 1. The standard InChI is InChI=1S/C18H25N3S.2C2HF3O2/c1-20(2)18-19-13-17(22-18)14-21-10-8-16(9-11-21)12-15-6-4-3-5-7-15;2*3-2(4,5)1(6)7/h3-7,13,16H,8-12,14H2,1-2H3;2*(H,6,7). The molecule has 1 aliphatic rings. The van der Waals surface area contributed by atoms with Gasteiger partial charge in [-0.1, -0.05) is 30.3 Å². The van der Waals surface area contributed by atoms with Crippen molar-refractivity contribution in [3.8, 4) is 0 Å². The van der Waals surface area contributed by atoms with Crippen LogP contribution < -0.4 is 4.90 Å². The maximum atomic E-state index is 10.6. The van der Waals surface area contributed by atoms with Crippen LogP contribution in [0.3, 0.4) is 0 Å². The monoisotopic (exact) mass is 543 g/mol. The molecule has 7 nitrogen and oxygen atoms in total. The Labute approximate surface area is 208 Å². The highest BCUT2D eigenvalue weighted by molar-refractivity contribution is 7.15. The number of likely N-dealkylation sites (tertiary alicyclic amines) is 1. The van der Waals surface area contributed by atoms with E-state index in [9.17, 15) is 26.3 Å². The van der Waals surface area contributed by atoms with E-state index in [1.807, 2.05) is 17.5 Å². The summed E-state index contributed by atoms with van der Waals surface area (Å²) in [5, 5.41) is 15.4. The number of piperidine rings is 1. The SMILES string of the molecule is CN(C)c1ncc(CN2CCC(Cc3ccccc3)CC2)s1.O=C(O)C(F)(F)F.O=C(O)C(F)(F)F. The van der Waals surface area contributed by atoms with Crippen LogP contribution in [0.2, 0.25) is 0 Å². The summed E-state index contributed by atoms with van der Waals surface area (Å²) in [6, 6.07) is 10.9. The van der Waals surface area contributed by atoms with E-state index in [-0.39, 0.29) is 0 Å². The lowest BCUT2D eigenvalue weighted by molar-refractivity contribution is -0.193. The third kappa shape index (κ3) is 12.2. The van der Waals surface area contributed by atoms with Gasteiger partial charge in [-0.2, -0.15) is 26.3 Å². The van der Waals surface area contributed by atoms with Gasteiger partial charge in [0, 0.05) is 31.7 Å². The molecule has 0 radical (unpaired) electrons. The molecular weight excluding hydrogens is 516 g/mol. The number of halogens is 6. The summed E-state index contributed by atoms with van der Waals surface area (Å²) in [7, 11) is 4.11. The molecule has 0 amide bonds. The van der Waals surface area contributed by atoms with Gasteiger partial charge < -0.3 is 15.1 Å². The lowest BCUT2D eigenvalue weighted by Crippen LogP contribution is -2.33. The van der Waals surface area contributed by atoms with Crippen LogP contribution in [0.5, 0.6) is 0 Å². The Bertz CT molecular complexity index is 919. The van der Waals surface area contributed by atoms with Crippen molar-refractivity contribution in [2.24, 2.45) is 5.92 Å². The van der Waals surface area contributed by atoms with Crippen molar-refractivity contribution in [2.75, 3.05) is 32.1 Å². The molecule has 0 spiro atoms. The third-order valence-corrected chi connectivity index (χ3v) is 6.01. The zero-order valence-corrected chi connectivity index (χ0v) is 20.3. The van der Waals surface area contributed by atoms with Crippen LogP contribution in [-0.4, -0.2) is 71.6 Å². The lowest BCUT2D eigenvalue weighted by Gasteiger charge is -2.31. The van der Waals surface area contributed by atoms with E-state index in [1.165, 1.54) is 42.8 Å². The number of anilines is 1. The molecule has 1 aromatic carbocycles. The number of carboxylic acid groups (broad SMARTS) is 2. The summed E-state index contributed by atoms with van der Waals surface area (Å²) in [4.78, 5) is 28.3. The Morgan fingerprint density at radius 2 is 1.47 bits per heavy atom. The first-order valence-electron chi connectivity index (χ1n) is 10.6. The summed E-state index contributed by atoms with van der Waals surface area (Å²) in [5.74, 6) is -4.67. The highest BCUT2D eigenvalue weighted by atomic mass is 32.1. The summed E-state index contributed by atoms with van der Waals surface area (Å²) in [6.07, 6.45) is -4.27. The normalized spacial score (nSPS) is 14.7. The van der Waals surface area contributed by atoms with Crippen molar-refractivity contribution in [1.29, 1.82) is 0 Å².